The number of anilines is 2. The molecule has 1 N–H and O–H groups in total. The van der Waals surface area contributed by atoms with Crippen molar-refractivity contribution < 1.29 is 19.1 Å². The van der Waals surface area contributed by atoms with E-state index in [1.807, 2.05) is 0 Å². The SMILES string of the molecule is O=C1CN(C(=O)COC(=O)c2ccnc(Cl)c2)c2ccccc2N1. The second-order valence-corrected chi connectivity index (χ2v) is 5.38. The highest BCUT2D eigenvalue weighted by molar-refractivity contribution is 6.29. The fraction of sp³-hybridized carbons (Fsp3) is 0.125. The summed E-state index contributed by atoms with van der Waals surface area (Å²) in [5.74, 6) is -1.50. The molecule has 2 amide bonds. The van der Waals surface area contributed by atoms with Crippen molar-refractivity contribution in [3.63, 3.8) is 0 Å². The molecule has 2 aromatic rings. The van der Waals surface area contributed by atoms with Gasteiger partial charge in [0.1, 0.15) is 11.7 Å². The standard InChI is InChI=1S/C16H12ClN3O4/c17-13-7-10(5-6-18-13)16(23)24-9-15(22)20-8-14(21)19-11-3-1-2-4-12(11)20/h1-7H,8-9H2,(H,19,21). The lowest BCUT2D eigenvalue weighted by molar-refractivity contribution is -0.124. The first-order valence-electron chi connectivity index (χ1n) is 7.02. The molecule has 24 heavy (non-hydrogen) atoms. The number of aromatic nitrogens is 1. The van der Waals surface area contributed by atoms with Gasteiger partial charge < -0.3 is 10.1 Å². The molecule has 0 bridgehead atoms. The van der Waals surface area contributed by atoms with Gasteiger partial charge in [-0.3, -0.25) is 14.5 Å². The predicted molar refractivity (Wildman–Crippen MR) is 87.0 cm³/mol. The predicted octanol–water partition coefficient (Wildman–Crippen LogP) is 1.88. The molecule has 8 heteroatoms. The minimum absolute atomic E-state index is 0.130. The largest absolute Gasteiger partial charge is 0.452 e. The van der Waals surface area contributed by atoms with Gasteiger partial charge in [-0.2, -0.15) is 0 Å². The van der Waals surface area contributed by atoms with E-state index < -0.39 is 18.5 Å². The van der Waals surface area contributed by atoms with Crippen molar-refractivity contribution in [1.29, 1.82) is 0 Å². The summed E-state index contributed by atoms with van der Waals surface area (Å²) in [6.45, 7) is -0.616. The molecule has 0 atom stereocenters. The van der Waals surface area contributed by atoms with Crippen molar-refractivity contribution >= 4 is 40.8 Å². The van der Waals surface area contributed by atoms with Gasteiger partial charge in [0, 0.05) is 6.20 Å². The Balaban J connectivity index is 1.69. The van der Waals surface area contributed by atoms with Gasteiger partial charge in [0.05, 0.1) is 16.9 Å². The van der Waals surface area contributed by atoms with Gasteiger partial charge in [0.15, 0.2) is 6.61 Å². The third kappa shape index (κ3) is 3.36. The second-order valence-electron chi connectivity index (χ2n) is 4.99. The quantitative estimate of drug-likeness (QED) is 0.677. The molecular weight excluding hydrogens is 334 g/mol. The molecule has 3 rings (SSSR count). The van der Waals surface area contributed by atoms with Crippen LogP contribution < -0.4 is 10.2 Å². The zero-order chi connectivity index (χ0) is 17.1. The summed E-state index contributed by atoms with van der Waals surface area (Å²) in [6, 6.07) is 9.68. The van der Waals surface area contributed by atoms with Gasteiger partial charge in [-0.25, -0.2) is 9.78 Å². The number of carbonyl (C=O) groups excluding carboxylic acids is 3. The summed E-state index contributed by atoms with van der Waals surface area (Å²) in [6.07, 6.45) is 1.37. The van der Waals surface area contributed by atoms with E-state index in [9.17, 15) is 14.4 Å². The average molecular weight is 346 g/mol. The lowest BCUT2D eigenvalue weighted by Gasteiger charge is -2.28. The van der Waals surface area contributed by atoms with Crippen molar-refractivity contribution in [3.8, 4) is 0 Å². The molecule has 0 spiro atoms. The van der Waals surface area contributed by atoms with Crippen LogP contribution in [0.3, 0.4) is 0 Å². The number of ether oxygens (including phenoxy) is 1. The maximum Gasteiger partial charge on any atom is 0.338 e. The Bertz CT molecular complexity index is 824. The lowest BCUT2D eigenvalue weighted by atomic mass is 10.2. The number of para-hydroxylation sites is 2. The molecule has 0 radical (unpaired) electrons. The lowest BCUT2D eigenvalue weighted by Crippen LogP contribution is -2.44. The van der Waals surface area contributed by atoms with Crippen molar-refractivity contribution in [3.05, 3.63) is 53.3 Å². The maximum absolute atomic E-state index is 12.3. The van der Waals surface area contributed by atoms with Crippen LogP contribution in [0.4, 0.5) is 11.4 Å². The number of pyridine rings is 1. The normalized spacial score (nSPS) is 13.0. The molecule has 1 aromatic carbocycles. The molecule has 1 aliphatic heterocycles. The number of nitrogens with zero attached hydrogens (tertiary/aromatic N) is 2. The van der Waals surface area contributed by atoms with E-state index in [2.05, 4.69) is 10.3 Å². The van der Waals surface area contributed by atoms with Crippen LogP contribution >= 0.6 is 11.6 Å². The topological polar surface area (TPSA) is 88.6 Å². The first kappa shape index (κ1) is 15.9. The van der Waals surface area contributed by atoms with Crippen LogP contribution in [-0.4, -0.2) is 35.9 Å². The Morgan fingerprint density at radius 3 is 2.88 bits per heavy atom. The van der Waals surface area contributed by atoms with E-state index >= 15 is 0 Å². The third-order valence-electron chi connectivity index (χ3n) is 3.36. The number of hydrogen-bond donors (Lipinski definition) is 1. The van der Waals surface area contributed by atoms with Crippen LogP contribution in [0.5, 0.6) is 0 Å². The molecule has 7 nitrogen and oxygen atoms in total. The van der Waals surface area contributed by atoms with Crippen LogP contribution in [0.2, 0.25) is 5.15 Å². The monoisotopic (exact) mass is 345 g/mol. The second kappa shape index (κ2) is 6.67. The van der Waals surface area contributed by atoms with Crippen LogP contribution in [0.15, 0.2) is 42.6 Å². The van der Waals surface area contributed by atoms with Gasteiger partial charge in [0.2, 0.25) is 5.91 Å². The van der Waals surface area contributed by atoms with E-state index in [1.54, 1.807) is 24.3 Å². The summed E-state index contributed by atoms with van der Waals surface area (Å²) in [4.78, 5) is 41.0. The average Bonchev–Trinajstić information content (AvgIpc) is 2.58. The zero-order valence-electron chi connectivity index (χ0n) is 12.4. The van der Waals surface area contributed by atoms with Gasteiger partial charge in [-0.15, -0.1) is 0 Å². The first-order chi connectivity index (χ1) is 11.5. The molecular formula is C16H12ClN3O4. The number of amides is 2. The van der Waals surface area contributed by atoms with Crippen LogP contribution in [0.1, 0.15) is 10.4 Å². The molecule has 0 unspecified atom stereocenters. The highest BCUT2D eigenvalue weighted by atomic mass is 35.5. The number of fused-ring (bicyclic) bond motifs is 1. The Kier molecular flexibility index (Phi) is 4.43. The number of hydrogen-bond acceptors (Lipinski definition) is 5. The van der Waals surface area contributed by atoms with Crippen LogP contribution in [-0.2, 0) is 14.3 Å². The number of carbonyl (C=O) groups is 3. The van der Waals surface area contributed by atoms with Crippen molar-refractivity contribution in [2.45, 2.75) is 0 Å². The number of rotatable bonds is 3. The minimum Gasteiger partial charge on any atom is -0.452 e. The molecule has 122 valence electrons. The van der Waals surface area contributed by atoms with E-state index in [-0.39, 0.29) is 23.2 Å². The minimum atomic E-state index is -0.692. The summed E-state index contributed by atoms with van der Waals surface area (Å²) in [7, 11) is 0. The number of esters is 1. The summed E-state index contributed by atoms with van der Waals surface area (Å²) >= 11 is 5.71. The Hall–Kier alpha value is -2.93. The van der Waals surface area contributed by atoms with Crippen molar-refractivity contribution in [2.75, 3.05) is 23.4 Å². The molecule has 1 aliphatic rings. The van der Waals surface area contributed by atoms with Crippen molar-refractivity contribution in [1.82, 2.24) is 4.98 Å². The van der Waals surface area contributed by atoms with Gasteiger partial charge in [-0.05, 0) is 24.3 Å². The van der Waals surface area contributed by atoms with E-state index in [4.69, 9.17) is 16.3 Å². The Morgan fingerprint density at radius 2 is 2.08 bits per heavy atom. The van der Waals surface area contributed by atoms with E-state index in [0.29, 0.717) is 11.4 Å². The maximum atomic E-state index is 12.3. The number of halogens is 1. The summed E-state index contributed by atoms with van der Waals surface area (Å²) < 4.78 is 5.00. The molecule has 0 aliphatic carbocycles. The Labute approximate surface area is 142 Å². The van der Waals surface area contributed by atoms with Gasteiger partial charge in [-0.1, -0.05) is 23.7 Å². The highest BCUT2D eigenvalue weighted by Gasteiger charge is 2.27. The van der Waals surface area contributed by atoms with Gasteiger partial charge >= 0.3 is 5.97 Å². The van der Waals surface area contributed by atoms with Crippen molar-refractivity contribution in [2.24, 2.45) is 0 Å². The van der Waals surface area contributed by atoms with Gasteiger partial charge in [0.25, 0.3) is 5.91 Å². The first-order valence-corrected chi connectivity index (χ1v) is 7.40. The summed E-state index contributed by atoms with van der Waals surface area (Å²) in [5.41, 5.74) is 1.29. The van der Waals surface area contributed by atoms with Crippen LogP contribution in [0, 0.1) is 0 Å². The van der Waals surface area contributed by atoms with E-state index in [1.165, 1.54) is 23.2 Å². The smallest absolute Gasteiger partial charge is 0.338 e. The summed E-state index contributed by atoms with van der Waals surface area (Å²) in [5, 5.41) is 2.83. The highest BCUT2D eigenvalue weighted by Crippen LogP contribution is 2.28. The molecule has 1 aromatic heterocycles. The molecule has 0 fully saturated rings. The molecule has 0 saturated carbocycles. The fourth-order valence-corrected chi connectivity index (χ4v) is 2.45. The van der Waals surface area contributed by atoms with E-state index in [0.717, 1.165) is 0 Å². The zero-order valence-corrected chi connectivity index (χ0v) is 13.1. The van der Waals surface area contributed by atoms with Crippen LogP contribution in [0.25, 0.3) is 0 Å². The number of nitrogens with one attached hydrogen (secondary N) is 1. The number of benzene rings is 1. The molecule has 0 saturated heterocycles. The third-order valence-corrected chi connectivity index (χ3v) is 3.57. The molecule has 2 heterocycles. The fourth-order valence-electron chi connectivity index (χ4n) is 2.27. The Morgan fingerprint density at radius 1 is 1.29 bits per heavy atom.